The van der Waals surface area contributed by atoms with Crippen LogP contribution in [0.4, 0.5) is 13.2 Å². The second kappa shape index (κ2) is 9.55. The number of piperidine rings is 1. The van der Waals surface area contributed by atoms with E-state index in [1.807, 2.05) is 12.1 Å². The molecule has 0 spiro atoms. The second-order valence-corrected chi connectivity index (χ2v) is 8.97. The van der Waals surface area contributed by atoms with E-state index >= 15 is 0 Å². The number of para-hydroxylation sites is 1. The molecule has 0 aliphatic carbocycles. The van der Waals surface area contributed by atoms with Gasteiger partial charge in [0.25, 0.3) is 0 Å². The SMILES string of the molecule is FC(F)(F)c1ccccc1OCc1ccc(C2CCNCC2Cn2cc3ccccc3c2)cc1. The molecule has 0 radical (unpaired) electrons. The van der Waals surface area contributed by atoms with Crippen LogP contribution in [-0.4, -0.2) is 17.7 Å². The maximum atomic E-state index is 13.2. The molecule has 1 fully saturated rings. The van der Waals surface area contributed by atoms with E-state index in [2.05, 4.69) is 58.7 Å². The molecular weight excluding hydrogens is 437 g/mol. The van der Waals surface area contributed by atoms with E-state index in [-0.39, 0.29) is 12.4 Å². The van der Waals surface area contributed by atoms with Crippen molar-refractivity contribution in [1.82, 2.24) is 9.88 Å². The van der Waals surface area contributed by atoms with Crippen LogP contribution in [0, 0.1) is 5.92 Å². The first-order valence-electron chi connectivity index (χ1n) is 11.6. The van der Waals surface area contributed by atoms with Crippen LogP contribution in [0.3, 0.4) is 0 Å². The normalized spacial score (nSPS) is 18.8. The zero-order valence-corrected chi connectivity index (χ0v) is 18.8. The van der Waals surface area contributed by atoms with Crippen molar-refractivity contribution >= 4 is 10.8 Å². The number of nitrogens with zero attached hydrogens (tertiary/aromatic N) is 1. The minimum absolute atomic E-state index is 0.0962. The number of benzene rings is 3. The average Bonchev–Trinajstić information content (AvgIpc) is 3.25. The fourth-order valence-corrected chi connectivity index (χ4v) is 4.92. The molecule has 5 rings (SSSR count). The summed E-state index contributed by atoms with van der Waals surface area (Å²) in [5, 5.41) is 6.03. The van der Waals surface area contributed by atoms with Crippen LogP contribution in [0.2, 0.25) is 0 Å². The highest BCUT2D eigenvalue weighted by atomic mass is 19.4. The molecule has 6 heteroatoms. The lowest BCUT2D eigenvalue weighted by Crippen LogP contribution is -2.37. The zero-order chi connectivity index (χ0) is 23.5. The van der Waals surface area contributed by atoms with E-state index < -0.39 is 11.7 Å². The predicted octanol–water partition coefficient (Wildman–Crippen LogP) is 6.63. The van der Waals surface area contributed by atoms with Crippen LogP contribution in [0.25, 0.3) is 10.8 Å². The van der Waals surface area contributed by atoms with Gasteiger partial charge in [0.2, 0.25) is 0 Å². The zero-order valence-electron chi connectivity index (χ0n) is 18.8. The van der Waals surface area contributed by atoms with Crippen molar-refractivity contribution in [2.45, 2.75) is 31.7 Å². The maximum absolute atomic E-state index is 13.2. The van der Waals surface area contributed by atoms with E-state index in [1.54, 1.807) is 6.07 Å². The molecule has 34 heavy (non-hydrogen) atoms. The number of rotatable bonds is 6. The van der Waals surface area contributed by atoms with Crippen LogP contribution in [0.5, 0.6) is 5.75 Å². The van der Waals surface area contributed by atoms with Gasteiger partial charge in [-0.3, -0.25) is 0 Å². The fraction of sp³-hybridized carbons (Fsp3) is 0.286. The van der Waals surface area contributed by atoms with Crippen LogP contribution in [0.15, 0.2) is 85.2 Å². The molecule has 2 unspecified atom stereocenters. The van der Waals surface area contributed by atoms with Crippen LogP contribution in [-0.2, 0) is 19.3 Å². The van der Waals surface area contributed by atoms with Crippen LogP contribution in [0.1, 0.15) is 29.0 Å². The molecule has 176 valence electrons. The van der Waals surface area contributed by atoms with Gasteiger partial charge in [-0.1, -0.05) is 60.7 Å². The summed E-state index contributed by atoms with van der Waals surface area (Å²) in [7, 11) is 0. The Morgan fingerprint density at radius 1 is 0.882 bits per heavy atom. The summed E-state index contributed by atoms with van der Waals surface area (Å²) in [5.41, 5.74) is 1.37. The molecular formula is C28H27F3N2O. The first-order chi connectivity index (χ1) is 16.5. The highest BCUT2D eigenvalue weighted by Crippen LogP contribution is 2.36. The molecule has 2 heterocycles. The predicted molar refractivity (Wildman–Crippen MR) is 128 cm³/mol. The molecule has 4 aromatic rings. The molecule has 0 saturated carbocycles. The van der Waals surface area contributed by atoms with Gasteiger partial charge in [0.1, 0.15) is 12.4 Å². The van der Waals surface area contributed by atoms with E-state index in [9.17, 15) is 13.2 Å². The smallest absolute Gasteiger partial charge is 0.419 e. The van der Waals surface area contributed by atoms with E-state index in [1.165, 1.54) is 28.5 Å². The molecule has 3 nitrogen and oxygen atoms in total. The summed E-state index contributed by atoms with van der Waals surface area (Å²) in [4.78, 5) is 0. The minimum atomic E-state index is -4.43. The molecule has 1 aliphatic heterocycles. The van der Waals surface area contributed by atoms with Crippen molar-refractivity contribution < 1.29 is 17.9 Å². The lowest BCUT2D eigenvalue weighted by molar-refractivity contribution is -0.139. The van der Waals surface area contributed by atoms with Crippen LogP contribution < -0.4 is 10.1 Å². The quantitative estimate of drug-likeness (QED) is 0.347. The fourth-order valence-electron chi connectivity index (χ4n) is 4.92. The number of nitrogens with one attached hydrogen (secondary N) is 1. The lowest BCUT2D eigenvalue weighted by Gasteiger charge is -2.33. The number of alkyl halides is 3. The van der Waals surface area contributed by atoms with E-state index in [0.717, 1.165) is 37.7 Å². The number of fused-ring (bicyclic) bond motifs is 1. The largest absolute Gasteiger partial charge is 0.488 e. The maximum Gasteiger partial charge on any atom is 0.419 e. The number of ether oxygens (including phenoxy) is 1. The third kappa shape index (κ3) is 4.97. The molecule has 1 aliphatic rings. The van der Waals surface area contributed by atoms with Gasteiger partial charge in [0.15, 0.2) is 0 Å². The Bertz CT molecular complexity index is 1210. The summed E-state index contributed by atoms with van der Waals surface area (Å²) in [6.45, 7) is 2.97. The summed E-state index contributed by atoms with van der Waals surface area (Å²) < 4.78 is 47.4. The lowest BCUT2D eigenvalue weighted by atomic mass is 9.81. The topological polar surface area (TPSA) is 26.2 Å². The molecule has 0 amide bonds. The van der Waals surface area contributed by atoms with Gasteiger partial charge in [-0.2, -0.15) is 13.2 Å². The summed E-state index contributed by atoms with van der Waals surface area (Å²) in [6, 6.07) is 21.9. The Hall–Kier alpha value is -3.25. The first kappa shape index (κ1) is 22.5. The number of aromatic nitrogens is 1. The molecule has 2 atom stereocenters. The van der Waals surface area contributed by atoms with E-state index in [0.29, 0.717) is 11.8 Å². The Labute approximate surface area is 197 Å². The average molecular weight is 465 g/mol. The number of hydrogen-bond donors (Lipinski definition) is 1. The molecule has 1 saturated heterocycles. The number of hydrogen-bond acceptors (Lipinski definition) is 2. The van der Waals surface area contributed by atoms with Crippen molar-refractivity contribution in [2.75, 3.05) is 13.1 Å². The van der Waals surface area contributed by atoms with Crippen molar-refractivity contribution in [3.63, 3.8) is 0 Å². The van der Waals surface area contributed by atoms with Gasteiger partial charge in [0, 0.05) is 25.5 Å². The summed E-state index contributed by atoms with van der Waals surface area (Å²) in [5.74, 6) is 0.737. The molecule has 1 N–H and O–H groups in total. The van der Waals surface area contributed by atoms with Gasteiger partial charge in [-0.25, -0.2) is 0 Å². The third-order valence-corrected chi connectivity index (χ3v) is 6.65. The third-order valence-electron chi connectivity index (χ3n) is 6.65. The monoisotopic (exact) mass is 464 g/mol. The molecule has 1 aromatic heterocycles. The highest BCUT2D eigenvalue weighted by molar-refractivity contribution is 5.82. The van der Waals surface area contributed by atoms with Crippen molar-refractivity contribution in [3.8, 4) is 5.75 Å². The van der Waals surface area contributed by atoms with Crippen molar-refractivity contribution in [3.05, 3.63) is 102 Å². The summed E-state index contributed by atoms with van der Waals surface area (Å²) in [6.07, 6.45) is 1.04. The molecule has 0 bridgehead atoms. The van der Waals surface area contributed by atoms with Gasteiger partial charge in [0.05, 0.1) is 5.56 Å². The van der Waals surface area contributed by atoms with E-state index in [4.69, 9.17) is 4.74 Å². The van der Waals surface area contributed by atoms with Gasteiger partial charge < -0.3 is 14.6 Å². The Morgan fingerprint density at radius 3 is 2.26 bits per heavy atom. The first-order valence-corrected chi connectivity index (χ1v) is 11.6. The van der Waals surface area contributed by atoms with Crippen LogP contribution >= 0.6 is 0 Å². The van der Waals surface area contributed by atoms with Gasteiger partial charge >= 0.3 is 6.18 Å². The number of halogens is 3. The minimum Gasteiger partial charge on any atom is -0.488 e. The Morgan fingerprint density at radius 2 is 1.56 bits per heavy atom. The Balaban J connectivity index is 1.27. The van der Waals surface area contributed by atoms with Crippen molar-refractivity contribution in [2.24, 2.45) is 5.92 Å². The molecule has 3 aromatic carbocycles. The van der Waals surface area contributed by atoms with Gasteiger partial charge in [-0.05, 0) is 58.8 Å². The highest BCUT2D eigenvalue weighted by Gasteiger charge is 2.34. The Kier molecular flexibility index (Phi) is 6.33. The van der Waals surface area contributed by atoms with Crippen molar-refractivity contribution in [1.29, 1.82) is 0 Å². The standard InChI is InChI=1S/C28H27F3N2O/c29-28(30,31)26-7-3-4-8-27(26)34-19-20-9-11-21(12-10-20)25-13-14-32-15-24(25)18-33-16-22-5-1-2-6-23(22)17-33/h1-12,16-17,24-25,32H,13-15,18-19H2. The summed E-state index contributed by atoms with van der Waals surface area (Å²) >= 11 is 0. The van der Waals surface area contributed by atoms with Gasteiger partial charge in [-0.15, -0.1) is 0 Å². The second-order valence-electron chi connectivity index (χ2n) is 8.97.